The van der Waals surface area contributed by atoms with Crippen LogP contribution in [-0.2, 0) is 14.3 Å². The Kier molecular flexibility index (Phi) is 11.9. The summed E-state index contributed by atoms with van der Waals surface area (Å²) < 4.78 is 40.1. The number of hydrogen-bond donors (Lipinski definition) is 0. The van der Waals surface area contributed by atoms with E-state index in [2.05, 4.69) is 13.0 Å². The zero-order valence-corrected chi connectivity index (χ0v) is 25.0. The molecule has 0 bridgehead atoms. The summed E-state index contributed by atoms with van der Waals surface area (Å²) >= 11 is 1.76. The van der Waals surface area contributed by atoms with Crippen molar-refractivity contribution in [3.8, 4) is 28.7 Å². The van der Waals surface area contributed by atoms with E-state index in [1.807, 2.05) is 25.1 Å². The van der Waals surface area contributed by atoms with Crippen molar-refractivity contribution >= 4 is 17.7 Å². The van der Waals surface area contributed by atoms with Gasteiger partial charge >= 0.3 is 5.97 Å². The molecule has 1 aliphatic carbocycles. The van der Waals surface area contributed by atoms with Gasteiger partial charge in [-0.2, -0.15) is 0 Å². The van der Waals surface area contributed by atoms with Crippen molar-refractivity contribution in [2.45, 2.75) is 62.9 Å². The van der Waals surface area contributed by atoms with Gasteiger partial charge in [-0.25, -0.2) is 4.79 Å². The number of ether oxygens (including phenoxy) is 7. The highest BCUT2D eigenvalue weighted by atomic mass is 32.2. The number of benzene rings is 2. The van der Waals surface area contributed by atoms with E-state index in [0.717, 1.165) is 46.8 Å². The normalized spacial score (nSPS) is 18.5. The summed E-state index contributed by atoms with van der Waals surface area (Å²) in [6.45, 7) is 6.65. The Morgan fingerprint density at radius 3 is 1.85 bits per heavy atom. The Hall–Kier alpha value is -2.78. The largest absolute Gasteiger partial charge is 0.493 e. The fraction of sp³-hybridized carbons (Fsp3) is 0.567. The third-order valence-corrected chi connectivity index (χ3v) is 8.06. The Morgan fingerprint density at radius 1 is 0.795 bits per heavy atom. The van der Waals surface area contributed by atoms with Crippen LogP contribution in [-0.4, -0.2) is 66.1 Å². The fourth-order valence-electron chi connectivity index (χ4n) is 5.16. The molecule has 0 aromatic heterocycles. The molecule has 0 heterocycles. The molecule has 3 atom stereocenters. The Labute approximate surface area is 236 Å². The number of methoxy groups -OCH3 is 4. The molecule has 8 nitrogen and oxygen atoms in total. The summed E-state index contributed by atoms with van der Waals surface area (Å²) in [6, 6.07) is 8.17. The zero-order valence-electron chi connectivity index (χ0n) is 24.2. The van der Waals surface area contributed by atoms with E-state index in [-0.39, 0.29) is 30.5 Å². The van der Waals surface area contributed by atoms with Gasteiger partial charge in [-0.3, -0.25) is 0 Å². The van der Waals surface area contributed by atoms with Crippen molar-refractivity contribution in [1.82, 2.24) is 0 Å². The van der Waals surface area contributed by atoms with E-state index >= 15 is 0 Å². The van der Waals surface area contributed by atoms with Crippen LogP contribution in [0.5, 0.6) is 28.7 Å². The maximum atomic E-state index is 12.3. The lowest BCUT2D eigenvalue weighted by Crippen LogP contribution is -2.27. The first kappa shape index (κ1) is 30.8. The molecule has 0 spiro atoms. The van der Waals surface area contributed by atoms with Crippen LogP contribution in [0.1, 0.15) is 63.0 Å². The van der Waals surface area contributed by atoms with Gasteiger partial charge < -0.3 is 33.2 Å². The lowest BCUT2D eigenvalue weighted by molar-refractivity contribution is -0.151. The number of carbonyl (C=O) groups is 1. The highest BCUT2D eigenvalue weighted by Gasteiger charge is 2.40. The minimum atomic E-state index is -0.379. The van der Waals surface area contributed by atoms with Gasteiger partial charge in [0.1, 0.15) is 6.61 Å². The van der Waals surface area contributed by atoms with Gasteiger partial charge in [0.05, 0.1) is 52.7 Å². The fourth-order valence-corrected chi connectivity index (χ4v) is 6.10. The van der Waals surface area contributed by atoms with Crippen LogP contribution in [0, 0.1) is 0 Å². The standard InChI is InChI=1S/C30H42O8S/c1-8-13-39-26-17-20(16-25(34-6)30(26)37-10-3)22-12-11-21(28(22)38-18-27(31)36-9-2)19-14-23(32-4)29(35-7)24(15-19)33-5/h14-17,21-22,28H,8-13,18H2,1-7H3/t21-,22-,28?/m1/s1. The molecular formula is C30H42O8S. The number of thioether (sulfide) groups is 1. The summed E-state index contributed by atoms with van der Waals surface area (Å²) in [7, 11) is 6.46. The first-order valence-corrected chi connectivity index (χ1v) is 14.5. The SMILES string of the molecule is CCCSc1cc([C@H]2CC[C@H](c3cc(OC)c(OC)c(OC)c3)C2OCC(=O)OCC)cc(OC)c1OCC. The van der Waals surface area contributed by atoms with Gasteiger partial charge in [-0.15, -0.1) is 11.8 Å². The molecule has 1 unspecified atom stereocenters. The van der Waals surface area contributed by atoms with Gasteiger partial charge in [-0.1, -0.05) is 6.92 Å². The smallest absolute Gasteiger partial charge is 0.332 e. The van der Waals surface area contributed by atoms with Crippen LogP contribution >= 0.6 is 11.8 Å². The molecule has 1 saturated carbocycles. The van der Waals surface area contributed by atoms with Crippen molar-refractivity contribution in [3.63, 3.8) is 0 Å². The predicted molar refractivity (Wildman–Crippen MR) is 152 cm³/mol. The maximum absolute atomic E-state index is 12.3. The lowest BCUT2D eigenvalue weighted by atomic mass is 9.89. The van der Waals surface area contributed by atoms with Crippen molar-refractivity contribution < 1.29 is 38.0 Å². The Balaban J connectivity index is 2.07. The lowest BCUT2D eigenvalue weighted by Gasteiger charge is -2.27. The van der Waals surface area contributed by atoms with Crippen molar-refractivity contribution in [2.24, 2.45) is 0 Å². The van der Waals surface area contributed by atoms with Crippen molar-refractivity contribution in [2.75, 3.05) is 54.0 Å². The maximum Gasteiger partial charge on any atom is 0.332 e. The summed E-state index contributed by atoms with van der Waals surface area (Å²) in [4.78, 5) is 13.4. The van der Waals surface area contributed by atoms with Crippen LogP contribution in [0.25, 0.3) is 0 Å². The van der Waals surface area contributed by atoms with Crippen LogP contribution in [0.2, 0.25) is 0 Å². The molecular weight excluding hydrogens is 520 g/mol. The topological polar surface area (TPSA) is 81.7 Å². The third-order valence-electron chi connectivity index (χ3n) is 6.84. The monoisotopic (exact) mass is 562 g/mol. The average Bonchev–Trinajstić information content (AvgIpc) is 3.38. The van der Waals surface area contributed by atoms with Gasteiger partial charge in [0, 0.05) is 11.8 Å². The Morgan fingerprint density at radius 2 is 1.36 bits per heavy atom. The van der Waals surface area contributed by atoms with E-state index in [9.17, 15) is 4.79 Å². The Bertz CT molecular complexity index is 1060. The van der Waals surface area contributed by atoms with Crippen molar-refractivity contribution in [1.29, 1.82) is 0 Å². The number of carbonyl (C=O) groups excluding carboxylic acids is 1. The first-order chi connectivity index (χ1) is 19.0. The van der Waals surface area contributed by atoms with Gasteiger partial charge in [0.15, 0.2) is 23.0 Å². The van der Waals surface area contributed by atoms with E-state index in [1.54, 1.807) is 47.1 Å². The van der Waals surface area contributed by atoms with E-state index in [4.69, 9.17) is 33.2 Å². The van der Waals surface area contributed by atoms with Crippen LogP contribution in [0.4, 0.5) is 0 Å². The molecule has 216 valence electrons. The molecule has 3 rings (SSSR count). The minimum absolute atomic E-state index is 0.0116. The molecule has 0 radical (unpaired) electrons. The van der Waals surface area contributed by atoms with Crippen LogP contribution in [0.15, 0.2) is 29.2 Å². The van der Waals surface area contributed by atoms with Crippen LogP contribution < -0.4 is 23.7 Å². The number of hydrogen-bond acceptors (Lipinski definition) is 9. The average molecular weight is 563 g/mol. The number of rotatable bonds is 15. The van der Waals surface area contributed by atoms with E-state index in [1.165, 1.54) is 0 Å². The quantitative estimate of drug-likeness (QED) is 0.185. The second-order valence-corrected chi connectivity index (χ2v) is 10.3. The minimum Gasteiger partial charge on any atom is -0.493 e. The van der Waals surface area contributed by atoms with E-state index in [0.29, 0.717) is 36.2 Å². The highest BCUT2D eigenvalue weighted by molar-refractivity contribution is 7.99. The molecule has 1 fully saturated rings. The second kappa shape index (κ2) is 15.1. The summed E-state index contributed by atoms with van der Waals surface area (Å²) in [5.41, 5.74) is 2.09. The second-order valence-electron chi connectivity index (χ2n) is 9.16. The number of esters is 1. The highest BCUT2D eigenvalue weighted by Crippen LogP contribution is 2.51. The third kappa shape index (κ3) is 7.25. The molecule has 1 aliphatic rings. The molecule has 9 heteroatoms. The molecule has 0 saturated heterocycles. The van der Waals surface area contributed by atoms with Crippen molar-refractivity contribution in [3.05, 3.63) is 35.4 Å². The summed E-state index contributed by atoms with van der Waals surface area (Å²) in [5, 5.41) is 0. The first-order valence-electron chi connectivity index (χ1n) is 13.5. The van der Waals surface area contributed by atoms with Crippen LogP contribution in [0.3, 0.4) is 0 Å². The summed E-state index contributed by atoms with van der Waals surface area (Å²) in [6.07, 6.45) is 2.47. The molecule has 2 aromatic carbocycles. The molecule has 0 aliphatic heterocycles. The molecule has 0 amide bonds. The van der Waals surface area contributed by atoms with E-state index < -0.39 is 0 Å². The molecule has 0 N–H and O–H groups in total. The molecule has 39 heavy (non-hydrogen) atoms. The predicted octanol–water partition coefficient (Wildman–Crippen LogP) is 6.23. The van der Waals surface area contributed by atoms with Gasteiger partial charge in [0.2, 0.25) is 5.75 Å². The zero-order chi connectivity index (χ0) is 28.4. The van der Waals surface area contributed by atoms with Gasteiger partial charge in [-0.05, 0) is 74.3 Å². The molecule has 2 aromatic rings. The summed E-state index contributed by atoms with van der Waals surface area (Å²) in [5.74, 6) is 3.77. The van der Waals surface area contributed by atoms with Gasteiger partial charge in [0.25, 0.3) is 0 Å².